The van der Waals surface area contributed by atoms with Gasteiger partial charge in [0.2, 0.25) is 5.91 Å². The van der Waals surface area contributed by atoms with Gasteiger partial charge in [0.1, 0.15) is 0 Å². The number of anilines is 1. The Hall–Kier alpha value is -1.26. The molecule has 1 aromatic rings. The highest BCUT2D eigenvalue weighted by Crippen LogP contribution is 2.27. The van der Waals surface area contributed by atoms with Crippen molar-refractivity contribution < 1.29 is 4.79 Å². The van der Waals surface area contributed by atoms with Crippen molar-refractivity contribution in [2.45, 2.75) is 13.0 Å². The lowest BCUT2D eigenvalue weighted by Crippen LogP contribution is -2.47. The van der Waals surface area contributed by atoms with Crippen molar-refractivity contribution >= 4 is 23.2 Å². The van der Waals surface area contributed by atoms with Crippen LogP contribution in [0.2, 0.25) is 5.02 Å². The van der Waals surface area contributed by atoms with E-state index in [-0.39, 0.29) is 11.9 Å². The third-order valence-corrected chi connectivity index (χ3v) is 3.21. The predicted octanol–water partition coefficient (Wildman–Crippen LogP) is 1.30. The van der Waals surface area contributed by atoms with Gasteiger partial charge in [0.15, 0.2) is 0 Å². The molecule has 4 nitrogen and oxygen atoms in total. The van der Waals surface area contributed by atoms with Crippen molar-refractivity contribution in [3.63, 3.8) is 0 Å². The summed E-state index contributed by atoms with van der Waals surface area (Å²) in [7, 11) is 0. The van der Waals surface area contributed by atoms with Gasteiger partial charge in [0.05, 0.1) is 6.54 Å². The van der Waals surface area contributed by atoms with Crippen LogP contribution in [-0.4, -0.2) is 25.5 Å². The molecule has 1 amide bonds. The molecule has 1 heterocycles. The molecule has 1 aromatic carbocycles. The molecule has 0 bridgehead atoms. The monoisotopic (exact) mass is 253 g/mol. The molecule has 1 aliphatic rings. The Kier molecular flexibility index (Phi) is 3.54. The van der Waals surface area contributed by atoms with Crippen LogP contribution in [0.5, 0.6) is 0 Å². The van der Waals surface area contributed by atoms with E-state index in [1.54, 1.807) is 0 Å². The van der Waals surface area contributed by atoms with Gasteiger partial charge in [0, 0.05) is 29.8 Å². The van der Waals surface area contributed by atoms with Crippen LogP contribution < -0.4 is 16.0 Å². The minimum atomic E-state index is -0.0822. The largest absolute Gasteiger partial charge is 0.360 e. The molecule has 1 unspecified atom stereocenters. The number of nitrogens with zero attached hydrogens (tertiary/aromatic N) is 1. The summed E-state index contributed by atoms with van der Waals surface area (Å²) in [5.74, 6) is 0.0450. The number of rotatable bonds is 2. The van der Waals surface area contributed by atoms with E-state index in [0.29, 0.717) is 18.1 Å². The fourth-order valence-corrected chi connectivity index (χ4v) is 2.29. The Labute approximate surface area is 106 Å². The van der Waals surface area contributed by atoms with E-state index in [2.05, 4.69) is 5.32 Å². The van der Waals surface area contributed by atoms with Crippen LogP contribution >= 0.6 is 11.6 Å². The van der Waals surface area contributed by atoms with Gasteiger partial charge in [-0.05, 0) is 24.6 Å². The normalized spacial score (nSPS) is 17.8. The Morgan fingerprint density at radius 3 is 2.88 bits per heavy atom. The number of benzene rings is 1. The smallest absolute Gasteiger partial charge is 0.239 e. The third-order valence-electron chi connectivity index (χ3n) is 2.88. The van der Waals surface area contributed by atoms with Gasteiger partial charge in [0.25, 0.3) is 0 Å². The molecule has 0 saturated carbocycles. The van der Waals surface area contributed by atoms with Crippen LogP contribution in [0.1, 0.15) is 18.5 Å². The number of hydrogen-bond acceptors (Lipinski definition) is 3. The molecule has 0 aliphatic carbocycles. The van der Waals surface area contributed by atoms with E-state index in [4.69, 9.17) is 17.3 Å². The highest BCUT2D eigenvalue weighted by molar-refractivity contribution is 6.31. The van der Waals surface area contributed by atoms with Crippen molar-refractivity contribution in [1.29, 1.82) is 0 Å². The van der Waals surface area contributed by atoms with Gasteiger partial charge in [-0.25, -0.2) is 0 Å². The molecule has 2 rings (SSSR count). The molecule has 1 aliphatic heterocycles. The first-order valence-electron chi connectivity index (χ1n) is 5.64. The zero-order valence-corrected chi connectivity index (χ0v) is 10.5. The molecule has 0 spiro atoms. The second-order valence-corrected chi connectivity index (χ2v) is 4.67. The lowest BCUT2D eigenvalue weighted by atomic mass is 10.1. The molecular weight excluding hydrogens is 238 g/mol. The van der Waals surface area contributed by atoms with Gasteiger partial charge < -0.3 is 16.0 Å². The van der Waals surface area contributed by atoms with Crippen LogP contribution in [0, 0.1) is 0 Å². The first-order valence-corrected chi connectivity index (χ1v) is 6.02. The minimum absolute atomic E-state index is 0.0450. The zero-order valence-electron chi connectivity index (χ0n) is 9.74. The summed E-state index contributed by atoms with van der Waals surface area (Å²) in [4.78, 5) is 13.3. The van der Waals surface area contributed by atoms with Crippen molar-refractivity contribution in [2.75, 3.05) is 24.5 Å². The fraction of sp³-hybridized carbons (Fsp3) is 0.417. The maximum atomic E-state index is 11.3. The molecule has 1 saturated heterocycles. The number of nitrogens with two attached hydrogens (primary N) is 1. The molecule has 0 radical (unpaired) electrons. The average Bonchev–Trinajstić information content (AvgIpc) is 2.28. The van der Waals surface area contributed by atoms with Crippen LogP contribution in [0.25, 0.3) is 0 Å². The summed E-state index contributed by atoms with van der Waals surface area (Å²) < 4.78 is 0. The predicted molar refractivity (Wildman–Crippen MR) is 69.3 cm³/mol. The Balaban J connectivity index is 2.22. The molecule has 3 N–H and O–H groups in total. The lowest BCUT2D eigenvalue weighted by Gasteiger charge is -2.29. The van der Waals surface area contributed by atoms with Gasteiger partial charge in [-0.15, -0.1) is 0 Å². The fourth-order valence-electron chi connectivity index (χ4n) is 1.94. The van der Waals surface area contributed by atoms with E-state index >= 15 is 0 Å². The summed E-state index contributed by atoms with van der Waals surface area (Å²) >= 11 is 6.17. The summed E-state index contributed by atoms with van der Waals surface area (Å²) in [6.07, 6.45) is 0. The number of carbonyl (C=O) groups excluding carboxylic acids is 1. The Bertz CT molecular complexity index is 434. The molecule has 17 heavy (non-hydrogen) atoms. The summed E-state index contributed by atoms with van der Waals surface area (Å²) in [6.45, 7) is 3.76. The van der Waals surface area contributed by atoms with Crippen molar-refractivity contribution in [2.24, 2.45) is 5.73 Å². The van der Waals surface area contributed by atoms with E-state index in [1.807, 2.05) is 30.0 Å². The number of halogens is 1. The SMILES string of the molecule is CC(N)c1ccc(N2CCNC(=O)C2)cc1Cl. The number of nitrogens with one attached hydrogen (secondary N) is 1. The first kappa shape index (κ1) is 12.2. The van der Waals surface area contributed by atoms with E-state index < -0.39 is 0 Å². The number of carbonyl (C=O) groups is 1. The first-order chi connectivity index (χ1) is 8.08. The third kappa shape index (κ3) is 2.70. The highest BCUT2D eigenvalue weighted by Gasteiger charge is 2.17. The second kappa shape index (κ2) is 4.94. The van der Waals surface area contributed by atoms with Gasteiger partial charge in [-0.1, -0.05) is 17.7 Å². The van der Waals surface area contributed by atoms with Crippen LogP contribution in [-0.2, 0) is 4.79 Å². The van der Waals surface area contributed by atoms with Crippen molar-refractivity contribution in [3.05, 3.63) is 28.8 Å². The Morgan fingerprint density at radius 2 is 2.29 bits per heavy atom. The van der Waals surface area contributed by atoms with Crippen molar-refractivity contribution in [3.8, 4) is 0 Å². The zero-order chi connectivity index (χ0) is 12.4. The van der Waals surface area contributed by atoms with Crippen LogP contribution in [0.3, 0.4) is 0 Å². The Morgan fingerprint density at radius 1 is 1.53 bits per heavy atom. The van der Waals surface area contributed by atoms with Gasteiger partial charge >= 0.3 is 0 Å². The molecule has 5 heteroatoms. The quantitative estimate of drug-likeness (QED) is 0.835. The van der Waals surface area contributed by atoms with Gasteiger partial charge in [-0.3, -0.25) is 4.79 Å². The summed E-state index contributed by atoms with van der Waals surface area (Å²) in [6, 6.07) is 5.68. The number of hydrogen-bond donors (Lipinski definition) is 2. The lowest BCUT2D eigenvalue weighted by molar-refractivity contribution is -0.120. The van der Waals surface area contributed by atoms with E-state index in [9.17, 15) is 4.79 Å². The number of piperazine rings is 1. The molecule has 1 atom stereocenters. The molecule has 92 valence electrons. The van der Waals surface area contributed by atoms with Gasteiger partial charge in [-0.2, -0.15) is 0 Å². The standard InChI is InChI=1S/C12H16ClN3O/c1-8(14)10-3-2-9(6-11(10)13)16-5-4-15-12(17)7-16/h2-3,6,8H,4-5,7,14H2,1H3,(H,15,17). The molecule has 1 fully saturated rings. The second-order valence-electron chi connectivity index (χ2n) is 4.27. The van der Waals surface area contributed by atoms with E-state index in [1.165, 1.54) is 0 Å². The van der Waals surface area contributed by atoms with Crippen molar-refractivity contribution in [1.82, 2.24) is 5.32 Å². The maximum absolute atomic E-state index is 11.3. The van der Waals surface area contributed by atoms with Crippen LogP contribution in [0.15, 0.2) is 18.2 Å². The average molecular weight is 254 g/mol. The number of amides is 1. The highest BCUT2D eigenvalue weighted by atomic mass is 35.5. The topological polar surface area (TPSA) is 58.4 Å². The van der Waals surface area contributed by atoms with Crippen LogP contribution in [0.4, 0.5) is 5.69 Å². The molecular formula is C12H16ClN3O. The van der Waals surface area contributed by atoms with E-state index in [0.717, 1.165) is 17.8 Å². The summed E-state index contributed by atoms with van der Waals surface area (Å²) in [5.41, 5.74) is 7.70. The summed E-state index contributed by atoms with van der Waals surface area (Å²) in [5, 5.41) is 3.45. The maximum Gasteiger partial charge on any atom is 0.239 e. The minimum Gasteiger partial charge on any atom is -0.360 e. The molecule has 0 aromatic heterocycles.